The van der Waals surface area contributed by atoms with Crippen molar-refractivity contribution in [2.75, 3.05) is 26.7 Å². The fraction of sp³-hybridized carbons (Fsp3) is 0.429. The monoisotopic (exact) mass is 342 g/mol. The number of likely N-dealkylation sites (tertiary alicyclic amines) is 1. The summed E-state index contributed by atoms with van der Waals surface area (Å²) < 4.78 is 0. The van der Waals surface area contributed by atoms with Crippen LogP contribution < -0.4 is 5.32 Å². The molecule has 0 saturated carbocycles. The third-order valence-electron chi connectivity index (χ3n) is 5.62. The number of piperidine rings is 1. The molecular weight excluding hydrogens is 316 g/mol. The maximum Gasteiger partial charge on any atom is 0.0614 e. The van der Waals surface area contributed by atoms with E-state index in [2.05, 4.69) is 65.8 Å². The number of nitrogens with zero attached hydrogens (tertiary/aromatic N) is 1. The predicted octanol–water partition coefficient (Wildman–Crippen LogP) is 4.50. The molecule has 1 aliphatic carbocycles. The molecule has 4 rings (SSSR count). The zero-order valence-electron chi connectivity index (χ0n) is 14.4. The van der Waals surface area contributed by atoms with Gasteiger partial charge in [-0.05, 0) is 74.1 Å². The molecule has 0 radical (unpaired) electrons. The van der Waals surface area contributed by atoms with Gasteiger partial charge in [-0.2, -0.15) is 0 Å². The van der Waals surface area contributed by atoms with Crippen molar-refractivity contribution in [1.82, 2.24) is 10.2 Å². The van der Waals surface area contributed by atoms with Crippen LogP contribution in [0.15, 0.2) is 48.5 Å². The van der Waals surface area contributed by atoms with Crippen LogP contribution >= 0.6 is 12.4 Å². The normalized spacial score (nSPS) is 18.0. The van der Waals surface area contributed by atoms with Crippen molar-refractivity contribution in [3.05, 3.63) is 59.7 Å². The molecule has 0 unspecified atom stereocenters. The van der Waals surface area contributed by atoms with E-state index < -0.39 is 0 Å². The van der Waals surface area contributed by atoms with Gasteiger partial charge in [-0.3, -0.25) is 4.90 Å². The largest absolute Gasteiger partial charge is 0.320 e. The third-order valence-corrected chi connectivity index (χ3v) is 5.62. The maximum atomic E-state index is 3.29. The maximum absolute atomic E-state index is 3.29. The van der Waals surface area contributed by atoms with Crippen LogP contribution in [0, 0.1) is 5.92 Å². The summed E-state index contributed by atoms with van der Waals surface area (Å²) in [4.78, 5) is 2.71. The minimum Gasteiger partial charge on any atom is -0.320 e. The zero-order chi connectivity index (χ0) is 15.6. The lowest BCUT2D eigenvalue weighted by molar-refractivity contribution is 0.149. The summed E-state index contributed by atoms with van der Waals surface area (Å²) in [6.45, 7) is 3.60. The number of hydrogen-bond acceptors (Lipinski definition) is 2. The Labute approximate surface area is 151 Å². The van der Waals surface area contributed by atoms with Crippen LogP contribution in [0.5, 0.6) is 0 Å². The Morgan fingerprint density at radius 1 is 0.917 bits per heavy atom. The van der Waals surface area contributed by atoms with Crippen LogP contribution in [-0.4, -0.2) is 31.6 Å². The van der Waals surface area contributed by atoms with Gasteiger partial charge < -0.3 is 5.32 Å². The Balaban J connectivity index is 0.00000169. The molecule has 128 valence electrons. The van der Waals surface area contributed by atoms with Crippen molar-refractivity contribution in [1.29, 1.82) is 0 Å². The first kappa shape index (κ1) is 17.5. The highest BCUT2D eigenvalue weighted by atomic mass is 35.5. The molecule has 0 amide bonds. The lowest BCUT2D eigenvalue weighted by Gasteiger charge is -2.37. The van der Waals surface area contributed by atoms with Crippen molar-refractivity contribution < 1.29 is 0 Å². The topological polar surface area (TPSA) is 15.3 Å². The molecule has 1 aliphatic heterocycles. The molecule has 0 spiro atoms. The number of rotatable bonds is 4. The highest BCUT2D eigenvalue weighted by Gasteiger charge is 2.34. The van der Waals surface area contributed by atoms with Gasteiger partial charge in [0.25, 0.3) is 0 Å². The SMILES string of the molecule is CNCCC1CCN(C2c3ccccc3-c3ccccc32)CC1.Cl. The molecule has 2 aromatic rings. The number of benzene rings is 2. The van der Waals surface area contributed by atoms with Crippen LogP contribution in [0.25, 0.3) is 11.1 Å². The van der Waals surface area contributed by atoms with Crippen LogP contribution in [-0.2, 0) is 0 Å². The predicted molar refractivity (Wildman–Crippen MR) is 104 cm³/mol. The molecular formula is C21H27ClN2. The first-order valence-electron chi connectivity index (χ1n) is 8.95. The first-order valence-corrected chi connectivity index (χ1v) is 8.95. The molecule has 1 heterocycles. The van der Waals surface area contributed by atoms with Crippen molar-refractivity contribution in [3.8, 4) is 11.1 Å². The summed E-state index contributed by atoms with van der Waals surface area (Å²) in [6.07, 6.45) is 3.99. The molecule has 1 fully saturated rings. The molecule has 2 aromatic carbocycles. The second-order valence-corrected chi connectivity index (χ2v) is 6.95. The molecule has 2 nitrogen and oxygen atoms in total. The molecule has 24 heavy (non-hydrogen) atoms. The molecule has 0 aromatic heterocycles. The van der Waals surface area contributed by atoms with Crippen LogP contribution in [0.3, 0.4) is 0 Å². The van der Waals surface area contributed by atoms with Crippen LogP contribution in [0.1, 0.15) is 36.4 Å². The van der Waals surface area contributed by atoms with Gasteiger partial charge >= 0.3 is 0 Å². The fourth-order valence-electron chi connectivity index (χ4n) is 4.37. The van der Waals surface area contributed by atoms with Gasteiger partial charge in [0.2, 0.25) is 0 Å². The fourth-order valence-corrected chi connectivity index (χ4v) is 4.37. The quantitative estimate of drug-likeness (QED) is 0.880. The van der Waals surface area contributed by atoms with Crippen molar-refractivity contribution in [2.24, 2.45) is 5.92 Å². The summed E-state index contributed by atoms with van der Waals surface area (Å²) in [5.41, 5.74) is 5.88. The number of fused-ring (bicyclic) bond motifs is 3. The van der Waals surface area contributed by atoms with Crippen molar-refractivity contribution in [2.45, 2.75) is 25.3 Å². The van der Waals surface area contributed by atoms with Crippen molar-refractivity contribution >= 4 is 12.4 Å². The van der Waals surface area contributed by atoms with E-state index in [4.69, 9.17) is 0 Å². The van der Waals surface area contributed by atoms with Gasteiger partial charge in [0.1, 0.15) is 0 Å². The van der Waals surface area contributed by atoms with E-state index in [0.29, 0.717) is 6.04 Å². The van der Waals surface area contributed by atoms with Crippen LogP contribution in [0.4, 0.5) is 0 Å². The van der Waals surface area contributed by atoms with Gasteiger partial charge in [0.05, 0.1) is 6.04 Å². The van der Waals surface area contributed by atoms with Gasteiger partial charge in [-0.25, -0.2) is 0 Å². The summed E-state index contributed by atoms with van der Waals surface area (Å²) in [7, 11) is 2.06. The summed E-state index contributed by atoms with van der Waals surface area (Å²) in [5, 5.41) is 3.29. The Bertz CT molecular complexity index is 632. The lowest BCUT2D eigenvalue weighted by Crippen LogP contribution is -2.37. The Kier molecular flexibility index (Phi) is 5.60. The van der Waals surface area contributed by atoms with Gasteiger partial charge in [-0.1, -0.05) is 48.5 Å². The van der Waals surface area contributed by atoms with E-state index in [9.17, 15) is 0 Å². The number of hydrogen-bond donors (Lipinski definition) is 1. The van der Waals surface area contributed by atoms with Gasteiger partial charge in [0, 0.05) is 0 Å². The standard InChI is InChI=1S/C21H26N2.ClH/c1-22-13-10-16-11-14-23(15-12-16)21-19-8-4-2-6-17(19)18-7-3-5-9-20(18)21;/h2-9,16,21-22H,10-15H2,1H3;1H. The molecule has 1 N–H and O–H groups in total. The number of halogens is 1. The van der Waals surface area contributed by atoms with E-state index in [-0.39, 0.29) is 12.4 Å². The molecule has 0 bridgehead atoms. The Morgan fingerprint density at radius 3 is 2.00 bits per heavy atom. The summed E-state index contributed by atoms with van der Waals surface area (Å²) in [5.74, 6) is 0.894. The zero-order valence-corrected chi connectivity index (χ0v) is 15.2. The van der Waals surface area contributed by atoms with Gasteiger partial charge in [-0.15, -0.1) is 12.4 Å². The second kappa shape index (κ2) is 7.69. The Morgan fingerprint density at radius 2 is 1.46 bits per heavy atom. The smallest absolute Gasteiger partial charge is 0.0614 e. The second-order valence-electron chi connectivity index (χ2n) is 6.95. The Hall–Kier alpha value is -1.35. The third kappa shape index (κ3) is 3.11. The van der Waals surface area contributed by atoms with Gasteiger partial charge in [0.15, 0.2) is 0 Å². The summed E-state index contributed by atoms with van der Waals surface area (Å²) in [6, 6.07) is 18.4. The van der Waals surface area contributed by atoms with Crippen molar-refractivity contribution in [3.63, 3.8) is 0 Å². The minimum absolute atomic E-state index is 0. The summed E-state index contributed by atoms with van der Waals surface area (Å²) >= 11 is 0. The molecule has 3 heteroatoms. The van der Waals surface area contributed by atoms with E-state index in [1.807, 2.05) is 0 Å². The van der Waals surface area contributed by atoms with E-state index in [1.54, 1.807) is 0 Å². The number of nitrogens with one attached hydrogen (secondary N) is 1. The first-order chi connectivity index (χ1) is 11.4. The average molecular weight is 343 g/mol. The minimum atomic E-state index is 0. The highest BCUT2D eigenvalue weighted by molar-refractivity contribution is 5.85. The molecule has 2 aliphatic rings. The average Bonchev–Trinajstić information content (AvgIpc) is 2.95. The van der Waals surface area contributed by atoms with E-state index in [0.717, 1.165) is 12.5 Å². The molecule has 1 saturated heterocycles. The highest BCUT2D eigenvalue weighted by Crippen LogP contribution is 2.47. The van der Waals surface area contributed by atoms with E-state index >= 15 is 0 Å². The molecule has 0 atom stereocenters. The van der Waals surface area contributed by atoms with Crippen LogP contribution in [0.2, 0.25) is 0 Å². The van der Waals surface area contributed by atoms with E-state index in [1.165, 1.54) is 54.6 Å². The lowest BCUT2D eigenvalue weighted by atomic mass is 9.91.